The number of amides is 2. The minimum atomic E-state index is -0.575. The van der Waals surface area contributed by atoms with Crippen LogP contribution in [-0.2, 0) is 9.53 Å². The van der Waals surface area contributed by atoms with Crippen molar-refractivity contribution in [3.05, 3.63) is 29.7 Å². The maximum atomic E-state index is 12.3. The van der Waals surface area contributed by atoms with Gasteiger partial charge in [0, 0.05) is 23.4 Å². The molecule has 0 saturated carbocycles. The van der Waals surface area contributed by atoms with Gasteiger partial charge < -0.3 is 20.8 Å². The van der Waals surface area contributed by atoms with Gasteiger partial charge in [0.2, 0.25) is 5.91 Å². The van der Waals surface area contributed by atoms with Crippen LogP contribution in [0.2, 0.25) is 0 Å². The molecule has 138 valence electrons. The van der Waals surface area contributed by atoms with Gasteiger partial charge in [0.05, 0.1) is 24.5 Å². The highest BCUT2D eigenvalue weighted by atomic mass is 16.5. The first kappa shape index (κ1) is 17.9. The summed E-state index contributed by atoms with van der Waals surface area (Å²) in [7, 11) is 1.29. The van der Waals surface area contributed by atoms with Crippen LogP contribution in [0.3, 0.4) is 0 Å². The standard InChI is InChI=1S/C18H23N5O3/c1-10-16-12-8-7-11(21-18(25)26-2)9-14(12)22-15(24)6-4-3-5-13(19)17(20-10)23-16/h7-9,13H,3-6,19H2,1-2H3,(H,20,23)(H,21,25)(H,22,24)/t13-/m0/s1. The Bertz CT molecular complexity index is 830. The van der Waals surface area contributed by atoms with Gasteiger partial charge >= 0.3 is 6.09 Å². The quantitative estimate of drug-likeness (QED) is 0.625. The van der Waals surface area contributed by atoms with E-state index in [1.165, 1.54) is 7.11 Å². The lowest BCUT2D eigenvalue weighted by molar-refractivity contribution is -0.116. The summed E-state index contributed by atoms with van der Waals surface area (Å²) in [5.74, 6) is 0.663. The van der Waals surface area contributed by atoms with Gasteiger partial charge in [-0.1, -0.05) is 6.42 Å². The molecule has 3 rings (SSSR count). The number of rotatable bonds is 1. The molecule has 0 unspecified atom stereocenters. The van der Waals surface area contributed by atoms with Crippen LogP contribution in [0.15, 0.2) is 18.2 Å². The molecule has 8 nitrogen and oxygen atoms in total. The van der Waals surface area contributed by atoms with Gasteiger partial charge in [-0.25, -0.2) is 9.78 Å². The maximum absolute atomic E-state index is 12.3. The number of H-pyrrole nitrogens is 1. The normalized spacial score (nSPS) is 17.3. The second kappa shape index (κ2) is 7.57. The Hall–Kier alpha value is -2.87. The van der Waals surface area contributed by atoms with E-state index in [-0.39, 0.29) is 11.9 Å². The van der Waals surface area contributed by atoms with Gasteiger partial charge in [0.25, 0.3) is 0 Å². The molecule has 1 aliphatic heterocycles. The molecule has 0 radical (unpaired) electrons. The molecule has 1 aromatic heterocycles. The number of benzene rings is 1. The highest BCUT2D eigenvalue weighted by Gasteiger charge is 2.19. The second-order valence-electron chi connectivity index (χ2n) is 6.37. The molecule has 5 N–H and O–H groups in total. The summed E-state index contributed by atoms with van der Waals surface area (Å²) < 4.78 is 4.62. The third kappa shape index (κ3) is 3.85. The molecule has 0 fully saturated rings. The molecule has 0 aliphatic carbocycles. The van der Waals surface area contributed by atoms with E-state index in [9.17, 15) is 9.59 Å². The van der Waals surface area contributed by atoms with E-state index in [2.05, 4.69) is 25.3 Å². The fourth-order valence-corrected chi connectivity index (χ4v) is 3.02. The minimum absolute atomic E-state index is 0.0796. The zero-order chi connectivity index (χ0) is 18.7. The van der Waals surface area contributed by atoms with Crippen molar-refractivity contribution in [2.75, 3.05) is 17.7 Å². The number of anilines is 2. The van der Waals surface area contributed by atoms with Crippen LogP contribution in [0.4, 0.5) is 16.2 Å². The number of nitrogens with two attached hydrogens (primary N) is 1. The summed E-state index contributed by atoms with van der Waals surface area (Å²) in [6.45, 7) is 1.92. The average molecular weight is 357 g/mol. The van der Waals surface area contributed by atoms with Crippen molar-refractivity contribution in [1.82, 2.24) is 9.97 Å². The Morgan fingerprint density at radius 2 is 2.19 bits per heavy atom. The predicted molar refractivity (Wildman–Crippen MR) is 98.8 cm³/mol. The summed E-state index contributed by atoms with van der Waals surface area (Å²) in [5.41, 5.74) is 9.70. The van der Waals surface area contributed by atoms with Crippen molar-refractivity contribution in [1.29, 1.82) is 0 Å². The first-order chi connectivity index (χ1) is 12.5. The fraction of sp³-hybridized carbons (Fsp3) is 0.389. The Balaban J connectivity index is 2.06. The van der Waals surface area contributed by atoms with Crippen molar-refractivity contribution in [2.24, 2.45) is 5.73 Å². The number of aromatic amines is 1. The van der Waals surface area contributed by atoms with Gasteiger partial charge in [0.15, 0.2) is 0 Å². The topological polar surface area (TPSA) is 122 Å². The molecular formula is C18H23N5O3. The van der Waals surface area contributed by atoms with Crippen molar-refractivity contribution in [2.45, 2.75) is 38.6 Å². The molecule has 0 spiro atoms. The third-order valence-corrected chi connectivity index (χ3v) is 4.40. The number of nitrogens with zero attached hydrogens (tertiary/aromatic N) is 1. The number of carbonyl (C=O) groups is 2. The second-order valence-corrected chi connectivity index (χ2v) is 6.37. The Labute approximate surface area is 151 Å². The number of aryl methyl sites for hydroxylation is 1. The number of hydrogen-bond donors (Lipinski definition) is 4. The molecule has 1 aromatic carbocycles. The number of nitrogens with one attached hydrogen (secondary N) is 3. The number of carbonyl (C=O) groups excluding carboxylic acids is 2. The van der Waals surface area contributed by atoms with Crippen molar-refractivity contribution in [3.63, 3.8) is 0 Å². The maximum Gasteiger partial charge on any atom is 0.411 e. The van der Waals surface area contributed by atoms with E-state index in [0.29, 0.717) is 17.8 Å². The molecule has 26 heavy (non-hydrogen) atoms. The van der Waals surface area contributed by atoms with Gasteiger partial charge in [-0.05, 0) is 38.0 Å². The summed E-state index contributed by atoms with van der Waals surface area (Å²) in [4.78, 5) is 31.7. The summed E-state index contributed by atoms with van der Waals surface area (Å²) in [6, 6.07) is 5.06. The van der Waals surface area contributed by atoms with Crippen LogP contribution in [0, 0.1) is 6.92 Å². The third-order valence-electron chi connectivity index (χ3n) is 4.40. The minimum Gasteiger partial charge on any atom is -0.453 e. The molecule has 1 atom stereocenters. The Kier molecular flexibility index (Phi) is 5.22. The summed E-state index contributed by atoms with van der Waals surface area (Å²) in [6.07, 6.45) is 2.21. The molecule has 2 heterocycles. The van der Waals surface area contributed by atoms with Gasteiger partial charge in [-0.3, -0.25) is 10.1 Å². The number of methoxy groups -OCH3 is 1. The van der Waals surface area contributed by atoms with E-state index >= 15 is 0 Å². The highest BCUT2D eigenvalue weighted by molar-refractivity contribution is 5.97. The Morgan fingerprint density at radius 1 is 1.38 bits per heavy atom. The lowest BCUT2D eigenvalue weighted by Gasteiger charge is -2.14. The molecule has 2 amide bonds. The van der Waals surface area contributed by atoms with Crippen LogP contribution in [0.1, 0.15) is 43.2 Å². The van der Waals surface area contributed by atoms with E-state index in [4.69, 9.17) is 5.73 Å². The van der Waals surface area contributed by atoms with Crippen molar-refractivity contribution < 1.29 is 14.3 Å². The monoisotopic (exact) mass is 357 g/mol. The van der Waals surface area contributed by atoms with E-state index < -0.39 is 6.09 Å². The first-order valence-corrected chi connectivity index (χ1v) is 8.59. The van der Waals surface area contributed by atoms with Crippen LogP contribution in [-0.4, -0.2) is 29.1 Å². The molecule has 2 aromatic rings. The zero-order valence-corrected chi connectivity index (χ0v) is 14.9. The number of fused-ring (bicyclic) bond motifs is 4. The first-order valence-electron chi connectivity index (χ1n) is 8.59. The van der Waals surface area contributed by atoms with E-state index in [0.717, 1.165) is 42.0 Å². The van der Waals surface area contributed by atoms with Gasteiger partial charge in [-0.15, -0.1) is 0 Å². The van der Waals surface area contributed by atoms with Gasteiger partial charge in [-0.2, -0.15) is 0 Å². The van der Waals surface area contributed by atoms with Gasteiger partial charge in [0.1, 0.15) is 5.82 Å². The number of aromatic nitrogens is 2. The zero-order valence-electron chi connectivity index (χ0n) is 14.9. The number of hydrogen-bond acceptors (Lipinski definition) is 5. The van der Waals surface area contributed by atoms with Crippen LogP contribution in [0.5, 0.6) is 0 Å². The molecule has 8 heteroatoms. The van der Waals surface area contributed by atoms with Crippen molar-refractivity contribution >= 4 is 23.4 Å². The largest absolute Gasteiger partial charge is 0.453 e. The lowest BCUT2D eigenvalue weighted by atomic mass is 10.1. The lowest BCUT2D eigenvalue weighted by Crippen LogP contribution is -2.15. The van der Waals surface area contributed by atoms with Crippen molar-refractivity contribution in [3.8, 4) is 11.3 Å². The predicted octanol–water partition coefficient (Wildman–Crippen LogP) is 3.08. The fourth-order valence-electron chi connectivity index (χ4n) is 3.02. The molecule has 2 bridgehead atoms. The van der Waals surface area contributed by atoms with E-state index in [1.54, 1.807) is 12.1 Å². The Morgan fingerprint density at radius 3 is 2.96 bits per heavy atom. The molecular weight excluding hydrogens is 334 g/mol. The van der Waals surface area contributed by atoms with Crippen LogP contribution < -0.4 is 16.4 Å². The summed E-state index contributed by atoms with van der Waals surface area (Å²) >= 11 is 0. The van der Waals surface area contributed by atoms with Crippen LogP contribution >= 0.6 is 0 Å². The molecule has 1 aliphatic rings. The van der Waals surface area contributed by atoms with E-state index in [1.807, 2.05) is 13.0 Å². The SMILES string of the molecule is COC(=O)Nc1ccc2c(c1)NC(=O)CCCC[C@H](N)c1nc-2c(C)[nH]1. The number of imidazole rings is 1. The average Bonchev–Trinajstić information content (AvgIpc) is 2.99. The number of ether oxygens (including phenoxy) is 1. The summed E-state index contributed by atoms with van der Waals surface area (Å²) in [5, 5.41) is 5.54. The van der Waals surface area contributed by atoms with Crippen LogP contribution in [0.25, 0.3) is 11.3 Å². The smallest absolute Gasteiger partial charge is 0.411 e. The molecule has 0 saturated heterocycles. The highest BCUT2D eigenvalue weighted by Crippen LogP contribution is 2.33.